The topological polar surface area (TPSA) is 30.5 Å². The Kier molecular flexibility index (Phi) is 4.48. The molecule has 1 atom stereocenters. The van der Waals surface area contributed by atoms with Crippen LogP contribution in [-0.2, 0) is 0 Å². The predicted octanol–water partition coefficient (Wildman–Crippen LogP) is 3.15. The molecular weight excluding hydrogens is 226 g/mol. The number of hydrogen-bond acceptors (Lipinski definition) is 3. The molecule has 1 aromatic carbocycles. The Morgan fingerprint density at radius 3 is 2.56 bits per heavy atom. The molecule has 1 aliphatic carbocycles. The largest absolute Gasteiger partial charge is 0.497 e. The Labute approximate surface area is 109 Å². The summed E-state index contributed by atoms with van der Waals surface area (Å²) in [5, 5.41) is 3.41. The highest BCUT2D eigenvalue weighted by atomic mass is 16.5. The number of ether oxygens (including phenoxy) is 2. The predicted molar refractivity (Wildman–Crippen MR) is 73.3 cm³/mol. The molecule has 100 valence electrons. The van der Waals surface area contributed by atoms with Crippen molar-refractivity contribution in [2.75, 3.05) is 21.3 Å². The highest BCUT2D eigenvalue weighted by Gasteiger charge is 2.24. The Morgan fingerprint density at radius 1 is 1.28 bits per heavy atom. The highest BCUT2D eigenvalue weighted by molar-refractivity contribution is 5.42. The van der Waals surface area contributed by atoms with Crippen molar-refractivity contribution in [3.05, 3.63) is 23.8 Å². The molecule has 18 heavy (non-hydrogen) atoms. The molecule has 0 amide bonds. The van der Waals surface area contributed by atoms with Gasteiger partial charge in [0.1, 0.15) is 11.5 Å². The maximum Gasteiger partial charge on any atom is 0.123 e. The molecule has 0 saturated heterocycles. The van der Waals surface area contributed by atoms with Crippen LogP contribution in [-0.4, -0.2) is 21.3 Å². The van der Waals surface area contributed by atoms with Gasteiger partial charge in [-0.25, -0.2) is 0 Å². The zero-order valence-corrected chi connectivity index (χ0v) is 11.5. The van der Waals surface area contributed by atoms with Gasteiger partial charge in [-0.05, 0) is 37.6 Å². The van der Waals surface area contributed by atoms with Crippen LogP contribution in [0.3, 0.4) is 0 Å². The van der Waals surface area contributed by atoms with Crippen LogP contribution in [0.15, 0.2) is 18.2 Å². The van der Waals surface area contributed by atoms with Gasteiger partial charge in [0.2, 0.25) is 0 Å². The van der Waals surface area contributed by atoms with Crippen molar-refractivity contribution in [2.45, 2.75) is 31.7 Å². The summed E-state index contributed by atoms with van der Waals surface area (Å²) in [4.78, 5) is 0. The Hall–Kier alpha value is -1.22. The third-order valence-electron chi connectivity index (χ3n) is 3.95. The number of methoxy groups -OCH3 is 2. The molecule has 1 saturated carbocycles. The van der Waals surface area contributed by atoms with E-state index in [2.05, 4.69) is 11.4 Å². The van der Waals surface area contributed by atoms with Crippen molar-refractivity contribution in [2.24, 2.45) is 5.92 Å². The van der Waals surface area contributed by atoms with Crippen LogP contribution in [0.1, 0.15) is 37.3 Å². The van der Waals surface area contributed by atoms with Gasteiger partial charge in [-0.3, -0.25) is 0 Å². The zero-order chi connectivity index (χ0) is 13.0. The lowest BCUT2D eigenvalue weighted by Gasteiger charge is -2.30. The van der Waals surface area contributed by atoms with Gasteiger partial charge in [-0.15, -0.1) is 0 Å². The van der Waals surface area contributed by atoms with Crippen molar-refractivity contribution >= 4 is 0 Å². The van der Waals surface area contributed by atoms with E-state index in [1.54, 1.807) is 14.2 Å². The fraction of sp³-hybridized carbons (Fsp3) is 0.600. The average molecular weight is 249 g/mol. The van der Waals surface area contributed by atoms with Crippen molar-refractivity contribution < 1.29 is 9.47 Å². The second kappa shape index (κ2) is 6.10. The van der Waals surface area contributed by atoms with Gasteiger partial charge in [0.15, 0.2) is 0 Å². The quantitative estimate of drug-likeness (QED) is 0.840. The lowest BCUT2D eigenvalue weighted by atomic mass is 9.79. The molecule has 1 aromatic rings. The van der Waals surface area contributed by atoms with Crippen LogP contribution in [0.2, 0.25) is 0 Å². The minimum atomic E-state index is 0.348. The Morgan fingerprint density at radius 2 is 2.06 bits per heavy atom. The van der Waals surface area contributed by atoms with Gasteiger partial charge in [0, 0.05) is 11.6 Å². The summed E-state index contributed by atoms with van der Waals surface area (Å²) in [5.41, 5.74) is 1.20. The van der Waals surface area contributed by atoms with Crippen LogP contribution in [0, 0.1) is 5.92 Å². The molecule has 0 spiro atoms. The summed E-state index contributed by atoms with van der Waals surface area (Å²) < 4.78 is 10.8. The lowest BCUT2D eigenvalue weighted by Crippen LogP contribution is -2.23. The molecule has 0 aromatic heterocycles. The number of rotatable bonds is 6. The first-order valence-corrected chi connectivity index (χ1v) is 6.67. The van der Waals surface area contributed by atoms with E-state index >= 15 is 0 Å². The Bertz CT molecular complexity index is 388. The summed E-state index contributed by atoms with van der Waals surface area (Å²) in [5.74, 6) is 2.69. The molecule has 3 heteroatoms. The van der Waals surface area contributed by atoms with E-state index in [-0.39, 0.29) is 0 Å². The van der Waals surface area contributed by atoms with Gasteiger partial charge in [0.25, 0.3) is 0 Å². The minimum Gasteiger partial charge on any atom is -0.497 e. The molecule has 0 radical (unpaired) electrons. The van der Waals surface area contributed by atoms with Crippen LogP contribution >= 0.6 is 0 Å². The number of nitrogens with one attached hydrogen (secondary N) is 1. The van der Waals surface area contributed by atoms with Crippen molar-refractivity contribution in [3.8, 4) is 11.5 Å². The van der Waals surface area contributed by atoms with E-state index in [4.69, 9.17) is 9.47 Å². The van der Waals surface area contributed by atoms with Gasteiger partial charge >= 0.3 is 0 Å². The van der Waals surface area contributed by atoms with Crippen LogP contribution < -0.4 is 14.8 Å². The van der Waals surface area contributed by atoms with E-state index in [9.17, 15) is 0 Å². The van der Waals surface area contributed by atoms with E-state index in [0.717, 1.165) is 17.4 Å². The fourth-order valence-corrected chi connectivity index (χ4v) is 2.57. The third kappa shape index (κ3) is 2.78. The molecule has 1 fully saturated rings. The normalized spacial score (nSPS) is 17.1. The molecule has 3 nitrogen and oxygen atoms in total. The molecule has 0 aliphatic heterocycles. The maximum absolute atomic E-state index is 5.47. The molecule has 1 N–H and O–H groups in total. The molecule has 1 unspecified atom stereocenters. The van der Waals surface area contributed by atoms with Crippen molar-refractivity contribution in [1.82, 2.24) is 5.32 Å². The van der Waals surface area contributed by atoms with Crippen molar-refractivity contribution in [1.29, 1.82) is 0 Å². The number of benzene rings is 1. The van der Waals surface area contributed by atoms with Gasteiger partial charge in [0.05, 0.1) is 14.2 Å². The van der Waals surface area contributed by atoms with E-state index < -0.39 is 0 Å². The van der Waals surface area contributed by atoms with E-state index in [1.165, 1.54) is 31.2 Å². The third-order valence-corrected chi connectivity index (χ3v) is 3.95. The van der Waals surface area contributed by atoms with Crippen LogP contribution in [0.5, 0.6) is 11.5 Å². The summed E-state index contributed by atoms with van der Waals surface area (Å²) >= 11 is 0. The first-order chi connectivity index (χ1) is 8.78. The Balaban J connectivity index is 2.20. The summed E-state index contributed by atoms with van der Waals surface area (Å²) in [7, 11) is 5.44. The first kappa shape index (κ1) is 13.2. The maximum atomic E-state index is 5.47. The summed E-state index contributed by atoms with van der Waals surface area (Å²) in [6, 6.07) is 6.36. The molecule has 1 aliphatic rings. The molecule has 0 heterocycles. The van der Waals surface area contributed by atoms with E-state index in [1.807, 2.05) is 19.2 Å². The zero-order valence-electron chi connectivity index (χ0n) is 11.5. The molecular formula is C15H23NO2. The highest BCUT2D eigenvalue weighted by Crippen LogP contribution is 2.38. The second-order valence-electron chi connectivity index (χ2n) is 4.98. The summed E-state index contributed by atoms with van der Waals surface area (Å²) in [6.07, 6.45) is 5.30. The van der Waals surface area contributed by atoms with E-state index in [0.29, 0.717) is 6.04 Å². The second-order valence-corrected chi connectivity index (χ2v) is 4.98. The van der Waals surface area contributed by atoms with Gasteiger partial charge < -0.3 is 14.8 Å². The summed E-state index contributed by atoms with van der Waals surface area (Å²) in [6.45, 7) is 0. The number of hydrogen-bond donors (Lipinski definition) is 1. The van der Waals surface area contributed by atoms with Crippen LogP contribution in [0.25, 0.3) is 0 Å². The average Bonchev–Trinajstić information content (AvgIpc) is 2.37. The van der Waals surface area contributed by atoms with Crippen LogP contribution in [0.4, 0.5) is 0 Å². The minimum absolute atomic E-state index is 0.348. The molecule has 2 rings (SSSR count). The monoisotopic (exact) mass is 249 g/mol. The first-order valence-electron chi connectivity index (χ1n) is 6.67. The van der Waals surface area contributed by atoms with Crippen molar-refractivity contribution in [3.63, 3.8) is 0 Å². The molecule has 0 bridgehead atoms. The standard InChI is InChI=1S/C15H23NO2/c1-16-14(9-11-5-4-6-11)13-10-12(17-2)7-8-15(13)18-3/h7-8,10-11,14,16H,4-6,9H2,1-3H3. The smallest absolute Gasteiger partial charge is 0.123 e. The van der Waals surface area contributed by atoms with Gasteiger partial charge in [-0.1, -0.05) is 19.3 Å². The fourth-order valence-electron chi connectivity index (χ4n) is 2.57. The SMILES string of the molecule is CNC(CC1CCC1)c1cc(OC)ccc1OC. The van der Waals surface area contributed by atoms with Gasteiger partial charge in [-0.2, -0.15) is 0 Å². The lowest BCUT2D eigenvalue weighted by molar-refractivity contribution is 0.262.